The lowest BCUT2D eigenvalue weighted by atomic mass is 10.1. The highest BCUT2D eigenvalue weighted by molar-refractivity contribution is 7.81. The molecule has 1 heterocycles. The second kappa shape index (κ2) is 3.11. The molecule has 0 unspecified atom stereocenters. The van der Waals surface area contributed by atoms with Gasteiger partial charge in [0.15, 0.2) is 0 Å². The van der Waals surface area contributed by atoms with Gasteiger partial charge in [-0.1, -0.05) is 42.5 Å². The molecule has 64 valence electrons. The topological polar surface area (TPSA) is 29.1 Å². The smallest absolute Gasteiger partial charge is 0.249 e. The van der Waals surface area contributed by atoms with Crippen LogP contribution < -0.4 is 5.32 Å². The summed E-state index contributed by atoms with van der Waals surface area (Å²) in [6.45, 7) is 0. The summed E-state index contributed by atoms with van der Waals surface area (Å²) in [5.41, 5.74) is 1.78. The number of hydrogen-bond donors (Lipinski definition) is 1. The third-order valence-corrected chi connectivity index (χ3v) is 2.16. The fourth-order valence-electron chi connectivity index (χ4n) is 1.24. The predicted octanol–water partition coefficient (Wildman–Crippen LogP) is 1.53. The molecule has 0 aliphatic carbocycles. The van der Waals surface area contributed by atoms with E-state index in [0.717, 1.165) is 11.1 Å². The first-order valence-corrected chi connectivity index (χ1v) is 4.30. The van der Waals surface area contributed by atoms with E-state index in [9.17, 15) is 4.79 Å². The zero-order valence-electron chi connectivity index (χ0n) is 6.78. The standard InChI is InChI=1S/C10H7NOS/c12-9-6-8(10(13)11-9)7-4-2-1-3-5-7/h1-6H,(H,11,12,13). The van der Waals surface area contributed by atoms with E-state index in [4.69, 9.17) is 12.2 Å². The lowest BCUT2D eigenvalue weighted by Crippen LogP contribution is -2.20. The highest BCUT2D eigenvalue weighted by Gasteiger charge is 2.17. The highest BCUT2D eigenvalue weighted by atomic mass is 32.1. The molecular formula is C10H7NOS. The zero-order chi connectivity index (χ0) is 9.26. The van der Waals surface area contributed by atoms with E-state index < -0.39 is 0 Å². The van der Waals surface area contributed by atoms with E-state index in [0.29, 0.717) is 4.99 Å². The van der Waals surface area contributed by atoms with Crippen LogP contribution in [0.25, 0.3) is 5.57 Å². The molecule has 1 aliphatic rings. The second-order valence-electron chi connectivity index (χ2n) is 2.74. The van der Waals surface area contributed by atoms with Crippen molar-refractivity contribution in [3.8, 4) is 0 Å². The molecule has 0 atom stereocenters. The van der Waals surface area contributed by atoms with Crippen LogP contribution >= 0.6 is 12.2 Å². The molecule has 1 N–H and O–H groups in total. The summed E-state index contributed by atoms with van der Waals surface area (Å²) in [4.78, 5) is 11.5. The Kier molecular flexibility index (Phi) is 1.94. The largest absolute Gasteiger partial charge is 0.313 e. The molecular weight excluding hydrogens is 182 g/mol. The summed E-state index contributed by atoms with van der Waals surface area (Å²) in [7, 11) is 0. The second-order valence-corrected chi connectivity index (χ2v) is 3.15. The Bertz CT molecular complexity index is 395. The fourth-order valence-corrected chi connectivity index (χ4v) is 1.52. The molecule has 0 radical (unpaired) electrons. The average molecular weight is 189 g/mol. The molecule has 1 aliphatic heterocycles. The molecule has 13 heavy (non-hydrogen) atoms. The van der Waals surface area contributed by atoms with Crippen LogP contribution in [0.2, 0.25) is 0 Å². The van der Waals surface area contributed by atoms with Crippen LogP contribution in [0.3, 0.4) is 0 Å². The van der Waals surface area contributed by atoms with Crippen molar-refractivity contribution in [1.29, 1.82) is 0 Å². The van der Waals surface area contributed by atoms with E-state index in [1.165, 1.54) is 6.08 Å². The zero-order valence-corrected chi connectivity index (χ0v) is 7.60. The number of benzene rings is 1. The van der Waals surface area contributed by atoms with Gasteiger partial charge in [-0.15, -0.1) is 0 Å². The van der Waals surface area contributed by atoms with Crippen molar-refractivity contribution in [3.05, 3.63) is 42.0 Å². The maximum Gasteiger partial charge on any atom is 0.249 e. The number of thiocarbonyl (C=S) groups is 1. The molecule has 0 fully saturated rings. The molecule has 2 nitrogen and oxygen atoms in total. The van der Waals surface area contributed by atoms with E-state index in [1.807, 2.05) is 30.3 Å². The molecule has 1 amide bonds. The van der Waals surface area contributed by atoms with Crippen LogP contribution in [-0.4, -0.2) is 10.9 Å². The molecule has 3 heteroatoms. The maximum atomic E-state index is 11.0. The van der Waals surface area contributed by atoms with Crippen molar-refractivity contribution < 1.29 is 4.79 Å². The lowest BCUT2D eigenvalue weighted by Gasteiger charge is -2.00. The third kappa shape index (κ3) is 1.51. The van der Waals surface area contributed by atoms with Gasteiger partial charge in [0.2, 0.25) is 5.91 Å². The molecule has 0 spiro atoms. The van der Waals surface area contributed by atoms with Crippen molar-refractivity contribution in [1.82, 2.24) is 5.32 Å². The normalized spacial score (nSPS) is 15.5. The maximum absolute atomic E-state index is 11.0. The molecule has 0 bridgehead atoms. The van der Waals surface area contributed by atoms with Gasteiger partial charge < -0.3 is 5.32 Å². The first-order valence-electron chi connectivity index (χ1n) is 3.90. The van der Waals surface area contributed by atoms with Gasteiger partial charge in [-0.3, -0.25) is 4.79 Å². The summed E-state index contributed by atoms with van der Waals surface area (Å²) >= 11 is 5.00. The quantitative estimate of drug-likeness (QED) is 0.679. The predicted molar refractivity (Wildman–Crippen MR) is 55.2 cm³/mol. The molecule has 0 saturated heterocycles. The Morgan fingerprint density at radius 1 is 1.15 bits per heavy atom. The van der Waals surface area contributed by atoms with Crippen LogP contribution in [0.1, 0.15) is 5.56 Å². The Labute approximate surface area is 81.3 Å². The van der Waals surface area contributed by atoms with E-state index in [2.05, 4.69) is 5.32 Å². The first-order chi connectivity index (χ1) is 6.27. The van der Waals surface area contributed by atoms with Crippen LogP contribution in [0.15, 0.2) is 36.4 Å². The van der Waals surface area contributed by atoms with Crippen molar-refractivity contribution in [2.45, 2.75) is 0 Å². The van der Waals surface area contributed by atoms with Crippen LogP contribution in [-0.2, 0) is 4.79 Å². The monoisotopic (exact) mass is 189 g/mol. The van der Waals surface area contributed by atoms with Gasteiger partial charge in [0.25, 0.3) is 0 Å². The van der Waals surface area contributed by atoms with Gasteiger partial charge in [-0.25, -0.2) is 0 Å². The van der Waals surface area contributed by atoms with Crippen molar-refractivity contribution >= 4 is 28.7 Å². The lowest BCUT2D eigenvalue weighted by molar-refractivity contribution is -0.114. The summed E-state index contributed by atoms with van der Waals surface area (Å²) in [6.07, 6.45) is 1.53. The van der Waals surface area contributed by atoms with Gasteiger partial charge in [-0.2, -0.15) is 0 Å². The minimum Gasteiger partial charge on any atom is -0.313 e. The minimum absolute atomic E-state index is 0.135. The Hall–Kier alpha value is -1.48. The van der Waals surface area contributed by atoms with Gasteiger partial charge >= 0.3 is 0 Å². The summed E-state index contributed by atoms with van der Waals surface area (Å²) in [6, 6.07) is 9.62. The summed E-state index contributed by atoms with van der Waals surface area (Å²) in [5.74, 6) is -0.135. The highest BCUT2D eigenvalue weighted by Crippen LogP contribution is 2.18. The Morgan fingerprint density at radius 3 is 2.38 bits per heavy atom. The number of carbonyl (C=O) groups is 1. The molecule has 0 saturated carbocycles. The minimum atomic E-state index is -0.135. The number of hydrogen-bond acceptors (Lipinski definition) is 2. The van der Waals surface area contributed by atoms with Gasteiger partial charge in [0.1, 0.15) is 4.99 Å². The number of carbonyl (C=O) groups excluding carboxylic acids is 1. The number of amides is 1. The number of nitrogens with one attached hydrogen (secondary N) is 1. The van der Waals surface area contributed by atoms with E-state index in [-0.39, 0.29) is 5.91 Å². The van der Waals surface area contributed by atoms with Crippen LogP contribution in [0, 0.1) is 0 Å². The van der Waals surface area contributed by atoms with Gasteiger partial charge in [0, 0.05) is 11.6 Å². The molecule has 2 rings (SSSR count). The number of rotatable bonds is 1. The molecule has 1 aromatic rings. The van der Waals surface area contributed by atoms with Crippen LogP contribution in [0.4, 0.5) is 0 Å². The Morgan fingerprint density at radius 2 is 1.85 bits per heavy atom. The third-order valence-electron chi connectivity index (χ3n) is 1.84. The van der Waals surface area contributed by atoms with E-state index in [1.54, 1.807) is 0 Å². The van der Waals surface area contributed by atoms with Crippen molar-refractivity contribution in [2.75, 3.05) is 0 Å². The summed E-state index contributed by atoms with van der Waals surface area (Å²) in [5, 5.41) is 2.57. The fraction of sp³-hybridized carbons (Fsp3) is 0. The SMILES string of the molecule is O=C1C=C(c2ccccc2)C(=S)N1. The Balaban J connectivity index is 2.43. The van der Waals surface area contributed by atoms with E-state index >= 15 is 0 Å². The van der Waals surface area contributed by atoms with Crippen LogP contribution in [0.5, 0.6) is 0 Å². The average Bonchev–Trinajstić information content (AvgIpc) is 2.47. The van der Waals surface area contributed by atoms with Gasteiger partial charge in [0.05, 0.1) is 0 Å². The van der Waals surface area contributed by atoms with Gasteiger partial charge in [-0.05, 0) is 5.56 Å². The van der Waals surface area contributed by atoms with Crippen molar-refractivity contribution in [3.63, 3.8) is 0 Å². The van der Waals surface area contributed by atoms with Crippen molar-refractivity contribution in [2.24, 2.45) is 0 Å². The molecule has 0 aromatic heterocycles. The summed E-state index contributed by atoms with van der Waals surface area (Å²) < 4.78 is 0. The molecule has 1 aromatic carbocycles. The first kappa shape index (κ1) is 8.13.